The van der Waals surface area contributed by atoms with Gasteiger partial charge in [0.15, 0.2) is 17.2 Å². The largest absolute Gasteiger partial charge is 0.382 e. The molecule has 0 radical (unpaired) electrons. The molecule has 2 aliphatic rings. The maximum atomic E-state index is 13.6. The number of fused-ring (bicyclic) bond motifs is 2. The number of piperidine rings is 1. The van der Waals surface area contributed by atoms with Gasteiger partial charge in [0.25, 0.3) is 11.5 Å². The first-order valence-electron chi connectivity index (χ1n) is 17.7. The fraction of sp³-hybridized carbons (Fsp3) is 0.297. The summed E-state index contributed by atoms with van der Waals surface area (Å²) in [4.78, 5) is 72.6. The number of amides is 3. The molecule has 0 bridgehead atoms. The van der Waals surface area contributed by atoms with Gasteiger partial charge in [-0.15, -0.1) is 5.10 Å². The van der Waals surface area contributed by atoms with E-state index < -0.39 is 30.1 Å². The normalized spacial score (nSPS) is 18.1. The molecule has 0 spiro atoms. The number of nitrogens with one attached hydrogen (secondary N) is 4. The number of halogens is 1. The molecule has 1 aliphatic heterocycles. The Kier molecular flexibility index (Phi) is 8.96. The molecule has 1 aromatic carbocycles. The number of pyridine rings is 2. The Bertz CT molecular complexity index is 2560. The lowest BCUT2D eigenvalue weighted by Crippen LogP contribution is -2.44. The zero-order valence-electron chi connectivity index (χ0n) is 29.2. The molecule has 1 unspecified atom stereocenters. The van der Waals surface area contributed by atoms with E-state index in [1.807, 2.05) is 18.2 Å². The third-order valence-electron chi connectivity index (χ3n) is 9.72. The lowest BCUT2D eigenvalue weighted by molar-refractivity contribution is -0.135. The number of hydrogen-bond donors (Lipinski definition) is 4. The van der Waals surface area contributed by atoms with Crippen molar-refractivity contribution in [2.45, 2.75) is 56.8 Å². The number of benzene rings is 1. The van der Waals surface area contributed by atoms with Gasteiger partial charge in [-0.3, -0.25) is 38.2 Å². The second kappa shape index (κ2) is 14.1. The minimum absolute atomic E-state index is 0.117. The molecular weight excluding hydrogens is 697 g/mol. The van der Waals surface area contributed by atoms with Crippen molar-refractivity contribution in [3.63, 3.8) is 0 Å². The number of carbonyl (C=O) groups is 3. The first-order chi connectivity index (χ1) is 26.2. The van der Waals surface area contributed by atoms with Crippen LogP contribution in [-0.2, 0) is 23.1 Å². The van der Waals surface area contributed by atoms with E-state index in [2.05, 4.69) is 36.3 Å². The van der Waals surface area contributed by atoms with E-state index in [4.69, 9.17) is 0 Å². The fourth-order valence-electron chi connectivity index (χ4n) is 6.75. The van der Waals surface area contributed by atoms with Crippen LogP contribution in [0, 0.1) is 0 Å². The van der Waals surface area contributed by atoms with E-state index in [0.29, 0.717) is 34.7 Å². The summed E-state index contributed by atoms with van der Waals surface area (Å²) in [6.45, 7) is 0.531. The lowest BCUT2D eigenvalue weighted by Gasteiger charge is -2.21. The average molecular weight is 734 g/mol. The summed E-state index contributed by atoms with van der Waals surface area (Å²) in [5, 5.41) is 16.1. The van der Waals surface area contributed by atoms with Gasteiger partial charge >= 0.3 is 5.69 Å². The number of carbonyl (C=O) groups excluding carboxylic acids is 3. The van der Waals surface area contributed by atoms with Crippen molar-refractivity contribution in [2.75, 3.05) is 17.2 Å². The molecule has 6 aromatic rings. The van der Waals surface area contributed by atoms with Crippen molar-refractivity contribution in [3.8, 4) is 5.82 Å². The van der Waals surface area contributed by atoms with Crippen LogP contribution in [0.2, 0.25) is 0 Å². The van der Waals surface area contributed by atoms with E-state index in [1.54, 1.807) is 55.8 Å². The van der Waals surface area contributed by atoms with E-state index in [1.165, 1.54) is 24.4 Å². The van der Waals surface area contributed by atoms with Crippen molar-refractivity contribution in [2.24, 2.45) is 7.05 Å². The van der Waals surface area contributed by atoms with E-state index in [9.17, 15) is 28.4 Å². The summed E-state index contributed by atoms with van der Waals surface area (Å²) in [5.74, 6) is -0.604. The molecular formula is C37H36FN11O5. The first-order valence-corrected chi connectivity index (χ1v) is 17.7. The highest BCUT2D eigenvalue weighted by Gasteiger charge is 2.39. The third kappa shape index (κ3) is 6.59. The van der Waals surface area contributed by atoms with Crippen LogP contribution < -0.4 is 32.5 Å². The van der Waals surface area contributed by atoms with Crippen LogP contribution in [-0.4, -0.2) is 69.8 Å². The zero-order valence-corrected chi connectivity index (χ0v) is 29.2. The van der Waals surface area contributed by atoms with Gasteiger partial charge in [-0.1, -0.05) is 12.1 Å². The van der Waals surface area contributed by atoms with Crippen LogP contribution in [0.4, 0.5) is 21.6 Å². The Morgan fingerprint density at radius 3 is 2.63 bits per heavy atom. The number of hydrogen-bond acceptors (Lipinski definition) is 10. The summed E-state index contributed by atoms with van der Waals surface area (Å²) in [7, 11) is 1.67. The van der Waals surface area contributed by atoms with Gasteiger partial charge in [0, 0.05) is 44.9 Å². The number of nitrogens with zero attached hydrogens (tertiary/aromatic N) is 7. The van der Waals surface area contributed by atoms with Crippen LogP contribution in [0.1, 0.15) is 54.2 Å². The van der Waals surface area contributed by atoms with Crippen LogP contribution in [0.3, 0.4) is 0 Å². The number of aryl methyl sites for hydroxylation is 2. The molecule has 3 amide bonds. The molecule has 1 aliphatic carbocycles. The molecule has 1 saturated carbocycles. The number of anilines is 3. The highest BCUT2D eigenvalue weighted by atomic mass is 19.1. The van der Waals surface area contributed by atoms with Gasteiger partial charge in [0.2, 0.25) is 11.8 Å². The quantitative estimate of drug-likeness (QED) is 0.107. The highest BCUT2D eigenvalue weighted by molar-refractivity contribution is 6.00. The van der Waals surface area contributed by atoms with E-state index in [0.717, 1.165) is 24.8 Å². The molecule has 3 atom stereocenters. The van der Waals surface area contributed by atoms with Crippen LogP contribution in [0.25, 0.3) is 22.5 Å². The number of alkyl halides is 1. The van der Waals surface area contributed by atoms with Gasteiger partial charge in [-0.2, -0.15) is 0 Å². The van der Waals surface area contributed by atoms with Crippen molar-refractivity contribution < 1.29 is 18.8 Å². The summed E-state index contributed by atoms with van der Waals surface area (Å²) in [5.41, 5.74) is 2.97. The number of imide groups is 1. The first kappa shape index (κ1) is 34.4. The Morgan fingerprint density at radius 1 is 1.00 bits per heavy atom. The van der Waals surface area contributed by atoms with Crippen molar-refractivity contribution >= 4 is 51.6 Å². The predicted molar refractivity (Wildman–Crippen MR) is 197 cm³/mol. The molecule has 16 nitrogen and oxygen atoms in total. The molecule has 1 saturated heterocycles. The monoisotopic (exact) mass is 733 g/mol. The van der Waals surface area contributed by atoms with Gasteiger partial charge in [-0.25, -0.2) is 23.7 Å². The molecule has 6 heterocycles. The maximum absolute atomic E-state index is 13.6. The second-order valence-corrected chi connectivity index (χ2v) is 13.4. The lowest BCUT2D eigenvalue weighted by atomic mass is 10.0. The highest BCUT2D eigenvalue weighted by Crippen LogP contribution is 2.27. The summed E-state index contributed by atoms with van der Waals surface area (Å²) < 4.78 is 19.4. The van der Waals surface area contributed by atoms with Gasteiger partial charge in [0.1, 0.15) is 23.7 Å². The average Bonchev–Trinajstić information content (AvgIpc) is 3.58. The minimum Gasteiger partial charge on any atom is -0.382 e. The molecule has 8 rings (SSSR count). The third-order valence-corrected chi connectivity index (χ3v) is 9.72. The molecule has 5 aromatic heterocycles. The predicted octanol–water partition coefficient (Wildman–Crippen LogP) is 2.92. The summed E-state index contributed by atoms with van der Waals surface area (Å²) in [6, 6.07) is 14.7. The van der Waals surface area contributed by atoms with E-state index >= 15 is 0 Å². The molecule has 17 heteroatoms. The standard InChI is InChI=1S/C37H36FN11O5/c1-46-28-17-21(10-11-26(28)48(37(46)54)27-12-13-32(50)44-34(27)51)7-2-4-14-39-25-19-30(42-23-8-6-16-47(36(23)53)31-9-3-5-15-40-31)45-49-29(20-41-33(25)49)35(52)43-24-18-22(24)38/h3,5-6,8-11,15-17,19-20,22,24,27,39H,2,4,7,12-14,18H2,1H3,(H,42,45)(H,43,52)(H,44,50,51)/t22-,24+,27?/m0/s1. The topological polar surface area (TPSA) is 191 Å². The summed E-state index contributed by atoms with van der Waals surface area (Å²) in [6.07, 6.45) is 6.46. The smallest absolute Gasteiger partial charge is 0.329 e. The van der Waals surface area contributed by atoms with Crippen LogP contribution in [0.15, 0.2) is 82.8 Å². The maximum Gasteiger partial charge on any atom is 0.329 e. The molecule has 54 heavy (non-hydrogen) atoms. The van der Waals surface area contributed by atoms with Crippen LogP contribution >= 0.6 is 0 Å². The molecule has 4 N–H and O–H groups in total. The Morgan fingerprint density at radius 2 is 1.85 bits per heavy atom. The van der Waals surface area contributed by atoms with Gasteiger partial charge < -0.3 is 16.0 Å². The number of aromatic nitrogens is 7. The van der Waals surface area contributed by atoms with Gasteiger partial charge in [-0.05, 0) is 67.6 Å². The Hall–Kier alpha value is -6.65. The molecule has 276 valence electrons. The Labute approximate surface area is 306 Å². The van der Waals surface area contributed by atoms with Crippen LogP contribution in [0.5, 0.6) is 0 Å². The SMILES string of the molecule is Cn1c(=O)n(C2CCC(=O)NC2=O)c2ccc(CCCCNc3cc(Nc4cccn(-c5ccccn5)c4=O)nn4c(C(=O)N[C@@H]5C[C@@H]5F)cnc34)cc21. The zero-order chi connectivity index (χ0) is 37.5. The number of unbranched alkanes of at least 4 members (excludes halogenated alkanes) is 1. The van der Waals surface area contributed by atoms with Crippen molar-refractivity contribution in [1.29, 1.82) is 0 Å². The Balaban J connectivity index is 0.991. The molecule has 2 fully saturated rings. The number of rotatable bonds is 12. The minimum atomic E-state index is -1.08. The fourth-order valence-corrected chi connectivity index (χ4v) is 6.75. The summed E-state index contributed by atoms with van der Waals surface area (Å²) >= 11 is 0. The van der Waals surface area contributed by atoms with Crippen molar-refractivity contribution in [1.82, 2.24) is 43.9 Å². The van der Waals surface area contributed by atoms with Gasteiger partial charge in [0.05, 0.1) is 29.0 Å². The van der Waals surface area contributed by atoms with Crippen molar-refractivity contribution in [3.05, 3.63) is 105 Å². The number of imidazole rings is 2. The second-order valence-electron chi connectivity index (χ2n) is 13.4. The van der Waals surface area contributed by atoms with E-state index in [-0.39, 0.29) is 53.6 Å².